The number of Topliss-reactive ketones (excluding diaryl/α,β-unsaturated/α-hetero) is 1. The average Bonchev–Trinajstić information content (AvgIpc) is 2.41. The predicted octanol–water partition coefficient (Wildman–Crippen LogP) is 1.12. The van der Waals surface area contributed by atoms with E-state index in [1.165, 1.54) is 4.44 Å². The van der Waals surface area contributed by atoms with Crippen molar-refractivity contribution in [1.29, 1.82) is 0 Å². The van der Waals surface area contributed by atoms with Crippen molar-refractivity contribution >= 4 is 20.3 Å². The van der Waals surface area contributed by atoms with Crippen LogP contribution in [0.2, 0.25) is 0 Å². The topological polar surface area (TPSA) is 17.1 Å². The van der Waals surface area contributed by atoms with Crippen LogP contribution in [0.5, 0.6) is 0 Å². The van der Waals surface area contributed by atoms with Gasteiger partial charge in [-0.3, -0.25) is 0 Å². The number of ketones is 1. The quantitative estimate of drug-likeness (QED) is 0.572. The first-order chi connectivity index (χ1) is 4.79. The molecule has 0 saturated heterocycles. The van der Waals surface area contributed by atoms with Gasteiger partial charge in [0.2, 0.25) is 0 Å². The first-order valence-electron chi connectivity index (χ1n) is 3.39. The van der Waals surface area contributed by atoms with Gasteiger partial charge in [0.05, 0.1) is 0 Å². The maximum absolute atomic E-state index is 11.3. The van der Waals surface area contributed by atoms with Gasteiger partial charge in [-0.1, -0.05) is 0 Å². The first kappa shape index (κ1) is 6.38. The number of fused-ring (bicyclic) bond motifs is 1. The molecule has 1 atom stereocenters. The van der Waals surface area contributed by atoms with E-state index in [0.717, 1.165) is 12.0 Å². The van der Waals surface area contributed by atoms with Crippen molar-refractivity contribution < 1.29 is 4.79 Å². The molecule has 1 heterocycles. The van der Waals surface area contributed by atoms with E-state index in [4.69, 9.17) is 0 Å². The summed E-state index contributed by atoms with van der Waals surface area (Å²) in [6, 6.07) is 2.00. The third-order valence-electron chi connectivity index (χ3n) is 1.95. The number of carbonyl (C=O) groups excluding carboxylic acids is 1. The van der Waals surface area contributed by atoms with Crippen molar-refractivity contribution in [3.05, 3.63) is 21.0 Å². The van der Waals surface area contributed by atoms with E-state index in [1.54, 1.807) is 0 Å². The minimum absolute atomic E-state index is 0.275. The van der Waals surface area contributed by atoms with Crippen LogP contribution in [0.3, 0.4) is 0 Å². The zero-order chi connectivity index (χ0) is 7.14. The monoisotopic (exact) mass is 200 g/mol. The van der Waals surface area contributed by atoms with Gasteiger partial charge in [0, 0.05) is 0 Å². The van der Waals surface area contributed by atoms with E-state index < -0.39 is 0 Å². The number of rotatable bonds is 0. The van der Waals surface area contributed by atoms with E-state index in [9.17, 15) is 4.79 Å². The number of carbonyl (C=O) groups is 1. The molecule has 0 saturated carbocycles. The molecule has 0 bridgehead atoms. The van der Waals surface area contributed by atoms with Crippen LogP contribution >= 0.6 is 0 Å². The van der Waals surface area contributed by atoms with E-state index in [-0.39, 0.29) is 5.92 Å². The minimum atomic E-state index is 0.275. The van der Waals surface area contributed by atoms with Gasteiger partial charge in [0.25, 0.3) is 0 Å². The fraction of sp³-hybridized carbons (Fsp3) is 0.375. The van der Waals surface area contributed by atoms with Crippen LogP contribution < -0.4 is 0 Å². The average molecular weight is 199 g/mol. The van der Waals surface area contributed by atoms with Gasteiger partial charge in [-0.2, -0.15) is 0 Å². The molecule has 0 aromatic carbocycles. The van der Waals surface area contributed by atoms with Crippen molar-refractivity contribution in [3.63, 3.8) is 0 Å². The Morgan fingerprint density at radius 3 is 3.20 bits per heavy atom. The second kappa shape index (κ2) is 2.08. The summed E-state index contributed by atoms with van der Waals surface area (Å²) in [6.07, 6.45) is 1.03. The van der Waals surface area contributed by atoms with Crippen LogP contribution in [0.25, 0.3) is 0 Å². The molecule has 0 radical (unpaired) electrons. The van der Waals surface area contributed by atoms with Crippen molar-refractivity contribution in [2.75, 3.05) is 0 Å². The van der Waals surface area contributed by atoms with E-state index in [1.807, 2.05) is 13.0 Å². The summed E-state index contributed by atoms with van der Waals surface area (Å²) in [7, 11) is 0. The van der Waals surface area contributed by atoms with Crippen molar-refractivity contribution in [2.45, 2.75) is 13.3 Å². The Morgan fingerprint density at radius 1 is 1.70 bits per heavy atom. The van der Waals surface area contributed by atoms with E-state index in [2.05, 4.69) is 4.94 Å². The number of hydrogen-bond donors (Lipinski definition) is 0. The molecule has 1 aromatic heterocycles. The van der Waals surface area contributed by atoms with Crippen LogP contribution in [0.4, 0.5) is 0 Å². The summed E-state index contributed by atoms with van der Waals surface area (Å²) in [5, 5.41) is 0. The maximum atomic E-state index is 11.3. The molecular formula is C8H8OSe. The molecule has 52 valence electrons. The van der Waals surface area contributed by atoms with Gasteiger partial charge in [-0.15, -0.1) is 0 Å². The summed E-state index contributed by atoms with van der Waals surface area (Å²) in [5.74, 6) is 0.641. The Bertz CT molecular complexity index is 275. The zero-order valence-electron chi connectivity index (χ0n) is 5.76. The summed E-state index contributed by atoms with van der Waals surface area (Å²) in [4.78, 5) is 13.4. The Morgan fingerprint density at radius 2 is 2.50 bits per heavy atom. The van der Waals surface area contributed by atoms with Gasteiger partial charge < -0.3 is 0 Å². The van der Waals surface area contributed by atoms with Crippen LogP contribution in [0.15, 0.2) is 11.0 Å². The van der Waals surface area contributed by atoms with Gasteiger partial charge in [0.1, 0.15) is 0 Å². The van der Waals surface area contributed by atoms with Crippen LogP contribution in [0, 0.1) is 5.92 Å². The van der Waals surface area contributed by atoms with Gasteiger partial charge in [0.15, 0.2) is 0 Å². The molecule has 2 heteroatoms. The molecule has 0 N–H and O–H groups in total. The Balaban J connectivity index is 2.53. The van der Waals surface area contributed by atoms with E-state index >= 15 is 0 Å². The molecule has 1 unspecified atom stereocenters. The predicted molar refractivity (Wildman–Crippen MR) is 40.6 cm³/mol. The van der Waals surface area contributed by atoms with Crippen LogP contribution in [0.1, 0.15) is 21.7 Å². The van der Waals surface area contributed by atoms with Gasteiger partial charge >= 0.3 is 65.4 Å². The van der Waals surface area contributed by atoms with Crippen molar-refractivity contribution in [3.8, 4) is 0 Å². The molecule has 0 spiro atoms. The SMILES string of the molecule is CC1Cc2[se]ccc2C1=O. The zero-order valence-corrected chi connectivity index (χ0v) is 7.47. The molecule has 1 aliphatic carbocycles. The molecule has 0 amide bonds. The Hall–Kier alpha value is -0.331. The van der Waals surface area contributed by atoms with Crippen molar-refractivity contribution in [1.82, 2.24) is 0 Å². The first-order valence-corrected chi connectivity index (χ1v) is 5.24. The number of hydrogen-bond acceptors (Lipinski definition) is 1. The summed E-state index contributed by atoms with van der Waals surface area (Å²) < 4.78 is 1.42. The molecule has 1 nitrogen and oxygen atoms in total. The third-order valence-corrected chi connectivity index (χ3v) is 3.93. The summed E-state index contributed by atoms with van der Waals surface area (Å²) >= 11 is 0.510. The second-order valence-electron chi connectivity index (χ2n) is 2.73. The van der Waals surface area contributed by atoms with Crippen LogP contribution in [-0.2, 0) is 6.42 Å². The van der Waals surface area contributed by atoms with Gasteiger partial charge in [-0.05, 0) is 0 Å². The Kier molecular flexibility index (Phi) is 1.33. The second-order valence-corrected chi connectivity index (χ2v) is 4.83. The molecule has 2 rings (SSSR count). The van der Waals surface area contributed by atoms with Gasteiger partial charge in [-0.25, -0.2) is 0 Å². The normalized spacial score (nSPS) is 23.3. The standard InChI is InChI=1S/C8H8OSe/c1-5-4-7-6(8(5)9)2-3-10-7/h2-3,5H,4H2,1H3. The van der Waals surface area contributed by atoms with Crippen molar-refractivity contribution in [2.24, 2.45) is 5.92 Å². The van der Waals surface area contributed by atoms with E-state index in [0.29, 0.717) is 20.3 Å². The molecule has 0 aliphatic heterocycles. The molecular weight excluding hydrogens is 191 g/mol. The summed E-state index contributed by atoms with van der Waals surface area (Å²) in [6.45, 7) is 2.02. The fourth-order valence-electron chi connectivity index (χ4n) is 1.35. The molecule has 1 aliphatic rings. The molecule has 0 fully saturated rings. The summed E-state index contributed by atoms with van der Waals surface area (Å²) in [5.41, 5.74) is 1.03. The fourth-order valence-corrected chi connectivity index (χ4v) is 3.47. The Labute approximate surface area is 65.8 Å². The van der Waals surface area contributed by atoms with Crippen LogP contribution in [-0.4, -0.2) is 20.3 Å². The third kappa shape index (κ3) is 0.727. The molecule has 1 aromatic rings. The molecule has 10 heavy (non-hydrogen) atoms.